The molecule has 0 bridgehead atoms. The van der Waals surface area contributed by atoms with E-state index in [1.165, 1.54) is 12.8 Å². The van der Waals surface area contributed by atoms with E-state index in [0.29, 0.717) is 11.4 Å². The molecule has 20 heavy (non-hydrogen) atoms. The summed E-state index contributed by atoms with van der Waals surface area (Å²) in [5.41, 5.74) is 0.807. The van der Waals surface area contributed by atoms with Crippen LogP contribution < -0.4 is 5.32 Å². The third-order valence-electron chi connectivity index (χ3n) is 3.66. The van der Waals surface area contributed by atoms with Crippen LogP contribution in [0.25, 0.3) is 0 Å². The summed E-state index contributed by atoms with van der Waals surface area (Å²) in [6.07, 6.45) is 3.05. The second kappa shape index (κ2) is 8.50. The lowest BCUT2D eigenvalue weighted by Crippen LogP contribution is -2.35. The summed E-state index contributed by atoms with van der Waals surface area (Å²) in [6, 6.07) is 7.21. The largest absolute Gasteiger partial charge is 0.326 e. The van der Waals surface area contributed by atoms with Crippen molar-refractivity contribution in [2.24, 2.45) is 5.92 Å². The van der Waals surface area contributed by atoms with Gasteiger partial charge in [-0.25, -0.2) is 0 Å². The molecule has 0 saturated carbocycles. The third kappa shape index (κ3) is 5.70. The average molecular weight is 317 g/mol. The minimum absolute atomic E-state index is 0. The van der Waals surface area contributed by atoms with Crippen LogP contribution in [0.15, 0.2) is 24.3 Å². The Morgan fingerprint density at radius 1 is 1.30 bits per heavy atom. The van der Waals surface area contributed by atoms with Crippen LogP contribution in [0.5, 0.6) is 0 Å². The van der Waals surface area contributed by atoms with E-state index < -0.39 is 0 Å². The summed E-state index contributed by atoms with van der Waals surface area (Å²) >= 11 is 5.80. The van der Waals surface area contributed by atoms with E-state index in [9.17, 15) is 4.79 Å². The number of nitrogens with one attached hydrogen (secondary N) is 1. The van der Waals surface area contributed by atoms with Crippen molar-refractivity contribution in [2.45, 2.75) is 26.2 Å². The zero-order valence-corrected chi connectivity index (χ0v) is 13.3. The monoisotopic (exact) mass is 316 g/mol. The molecule has 0 atom stereocenters. The molecule has 1 fully saturated rings. The van der Waals surface area contributed by atoms with Crippen molar-refractivity contribution in [2.75, 3.05) is 25.0 Å². The lowest BCUT2D eigenvalue weighted by atomic mass is 9.99. The van der Waals surface area contributed by atoms with Crippen LogP contribution in [0.4, 0.5) is 5.69 Å². The van der Waals surface area contributed by atoms with E-state index in [4.69, 9.17) is 11.6 Å². The molecular weight excluding hydrogens is 295 g/mol. The number of amides is 1. The Bertz CT molecular complexity index is 414. The maximum atomic E-state index is 11.8. The van der Waals surface area contributed by atoms with Gasteiger partial charge in [-0.15, -0.1) is 12.4 Å². The molecule has 2 rings (SSSR count). The van der Waals surface area contributed by atoms with Gasteiger partial charge < -0.3 is 10.2 Å². The van der Waals surface area contributed by atoms with Crippen LogP contribution in [-0.4, -0.2) is 30.4 Å². The molecule has 1 aromatic rings. The second-order valence-corrected chi connectivity index (χ2v) is 5.77. The Kier molecular flexibility index (Phi) is 7.35. The number of hydrogen-bond acceptors (Lipinski definition) is 2. The van der Waals surface area contributed by atoms with Crippen molar-refractivity contribution < 1.29 is 4.79 Å². The summed E-state index contributed by atoms with van der Waals surface area (Å²) in [6.45, 7) is 5.39. The summed E-state index contributed by atoms with van der Waals surface area (Å²) in [7, 11) is 0. The van der Waals surface area contributed by atoms with E-state index in [0.717, 1.165) is 31.2 Å². The van der Waals surface area contributed by atoms with Gasteiger partial charge in [0.2, 0.25) is 5.91 Å². The Labute approximate surface area is 132 Å². The van der Waals surface area contributed by atoms with Gasteiger partial charge in [-0.2, -0.15) is 0 Å². The first-order valence-electron chi connectivity index (χ1n) is 6.91. The van der Waals surface area contributed by atoms with Gasteiger partial charge in [0.1, 0.15) is 0 Å². The minimum Gasteiger partial charge on any atom is -0.326 e. The highest BCUT2D eigenvalue weighted by Gasteiger charge is 2.16. The van der Waals surface area contributed by atoms with E-state index in [1.807, 2.05) is 12.1 Å². The lowest BCUT2D eigenvalue weighted by molar-refractivity contribution is -0.116. The number of piperidine rings is 1. The number of carbonyl (C=O) groups is 1. The van der Waals surface area contributed by atoms with Gasteiger partial charge in [0.05, 0.1) is 0 Å². The third-order valence-corrected chi connectivity index (χ3v) is 3.91. The molecule has 0 unspecified atom stereocenters. The number of hydrogen-bond donors (Lipinski definition) is 1. The number of benzene rings is 1. The summed E-state index contributed by atoms with van der Waals surface area (Å²) in [5.74, 6) is 0.903. The van der Waals surface area contributed by atoms with Crippen LogP contribution >= 0.6 is 24.0 Å². The van der Waals surface area contributed by atoms with Gasteiger partial charge in [0.15, 0.2) is 0 Å². The zero-order chi connectivity index (χ0) is 13.7. The molecule has 1 saturated heterocycles. The highest BCUT2D eigenvalue weighted by molar-refractivity contribution is 6.30. The van der Waals surface area contributed by atoms with E-state index in [2.05, 4.69) is 17.1 Å². The minimum atomic E-state index is 0. The first kappa shape index (κ1) is 17.3. The second-order valence-electron chi connectivity index (χ2n) is 5.33. The standard InChI is InChI=1S/C15H21ClN2O.ClH/c1-12-6-9-18(10-7-12)11-8-15(19)17-14-4-2-13(16)3-5-14;/h2-5,12H,6-11H2,1H3,(H,17,19);1H. The summed E-state index contributed by atoms with van der Waals surface area (Å²) in [5, 5.41) is 3.57. The fraction of sp³-hybridized carbons (Fsp3) is 0.533. The molecular formula is C15H22Cl2N2O. The number of carbonyl (C=O) groups excluding carboxylic acids is 1. The quantitative estimate of drug-likeness (QED) is 0.915. The Morgan fingerprint density at radius 2 is 1.90 bits per heavy atom. The fourth-order valence-electron chi connectivity index (χ4n) is 2.30. The van der Waals surface area contributed by atoms with Gasteiger partial charge in [0.25, 0.3) is 0 Å². The zero-order valence-electron chi connectivity index (χ0n) is 11.8. The number of halogens is 2. The summed E-state index contributed by atoms with van der Waals surface area (Å²) < 4.78 is 0. The van der Waals surface area contributed by atoms with Crippen LogP contribution in [-0.2, 0) is 4.79 Å². The number of nitrogens with zero attached hydrogens (tertiary/aromatic N) is 1. The van der Waals surface area contributed by atoms with Gasteiger partial charge in [-0.3, -0.25) is 4.79 Å². The molecule has 0 radical (unpaired) electrons. The highest BCUT2D eigenvalue weighted by atomic mass is 35.5. The molecule has 0 aliphatic carbocycles. The topological polar surface area (TPSA) is 32.3 Å². The van der Waals surface area contributed by atoms with Crippen molar-refractivity contribution >= 4 is 35.6 Å². The van der Waals surface area contributed by atoms with E-state index >= 15 is 0 Å². The van der Waals surface area contributed by atoms with Gasteiger partial charge in [0, 0.05) is 23.7 Å². The van der Waals surface area contributed by atoms with Crippen molar-refractivity contribution in [3.63, 3.8) is 0 Å². The van der Waals surface area contributed by atoms with Crippen LogP contribution in [0, 0.1) is 5.92 Å². The Hall–Kier alpha value is -0.770. The van der Waals surface area contributed by atoms with Crippen molar-refractivity contribution in [1.82, 2.24) is 4.90 Å². The summed E-state index contributed by atoms with van der Waals surface area (Å²) in [4.78, 5) is 14.2. The van der Waals surface area contributed by atoms with Crippen LogP contribution in [0.3, 0.4) is 0 Å². The van der Waals surface area contributed by atoms with Gasteiger partial charge in [-0.05, 0) is 56.1 Å². The molecule has 1 amide bonds. The maximum absolute atomic E-state index is 11.8. The predicted molar refractivity (Wildman–Crippen MR) is 86.8 cm³/mol. The first-order chi connectivity index (χ1) is 9.13. The van der Waals surface area contributed by atoms with Gasteiger partial charge in [-0.1, -0.05) is 18.5 Å². The molecule has 112 valence electrons. The highest BCUT2D eigenvalue weighted by Crippen LogP contribution is 2.16. The SMILES string of the molecule is CC1CCN(CCC(=O)Nc2ccc(Cl)cc2)CC1.Cl. The van der Waals surface area contributed by atoms with E-state index in [1.54, 1.807) is 12.1 Å². The van der Waals surface area contributed by atoms with Crippen molar-refractivity contribution in [1.29, 1.82) is 0 Å². The van der Waals surface area contributed by atoms with Gasteiger partial charge >= 0.3 is 0 Å². The molecule has 3 nitrogen and oxygen atoms in total. The fourth-order valence-corrected chi connectivity index (χ4v) is 2.43. The van der Waals surface area contributed by atoms with Crippen LogP contribution in [0.1, 0.15) is 26.2 Å². The number of likely N-dealkylation sites (tertiary alicyclic amines) is 1. The molecule has 1 aliphatic rings. The molecule has 5 heteroatoms. The van der Waals surface area contributed by atoms with Crippen LogP contribution in [0.2, 0.25) is 5.02 Å². The van der Waals surface area contributed by atoms with Crippen molar-refractivity contribution in [3.8, 4) is 0 Å². The number of anilines is 1. The lowest BCUT2D eigenvalue weighted by Gasteiger charge is -2.29. The average Bonchev–Trinajstić information content (AvgIpc) is 2.41. The van der Waals surface area contributed by atoms with E-state index in [-0.39, 0.29) is 18.3 Å². The molecule has 1 aromatic carbocycles. The molecule has 1 N–H and O–H groups in total. The first-order valence-corrected chi connectivity index (χ1v) is 7.29. The molecule has 1 aliphatic heterocycles. The molecule has 1 heterocycles. The predicted octanol–water partition coefficient (Wildman–Crippen LogP) is 3.82. The van der Waals surface area contributed by atoms with Crippen molar-refractivity contribution in [3.05, 3.63) is 29.3 Å². The maximum Gasteiger partial charge on any atom is 0.225 e. The smallest absolute Gasteiger partial charge is 0.225 e. The number of rotatable bonds is 4. The Morgan fingerprint density at radius 3 is 2.50 bits per heavy atom. The normalized spacial score (nSPS) is 16.5. The Balaban J connectivity index is 0.00000200. The molecule has 0 spiro atoms. The molecule has 0 aromatic heterocycles.